The maximum Gasteiger partial charge on any atom is 0.394 e. The van der Waals surface area contributed by atoms with E-state index in [1.165, 1.54) is 36.6 Å². The zero-order valence-electron chi connectivity index (χ0n) is 21.2. The highest BCUT2D eigenvalue weighted by Crippen LogP contribution is 2.73. The van der Waals surface area contributed by atoms with Crippen LogP contribution in [0.4, 0.5) is 24.0 Å². The van der Waals surface area contributed by atoms with Crippen LogP contribution in [-0.2, 0) is 4.74 Å². The number of thiazole rings is 1. The molecule has 8 rings (SSSR count). The van der Waals surface area contributed by atoms with E-state index >= 15 is 0 Å². The fourth-order valence-corrected chi connectivity index (χ4v) is 8.06. The molecule has 2 aliphatic heterocycles. The number of carbonyl (C=O) groups excluding carboxylic acids is 2. The number of carbonyl (C=O) groups is 2. The van der Waals surface area contributed by atoms with Gasteiger partial charge in [-0.2, -0.15) is 13.2 Å². The number of rotatable bonds is 6. The van der Waals surface area contributed by atoms with Crippen molar-refractivity contribution in [3.8, 4) is 5.75 Å². The third-order valence-corrected chi connectivity index (χ3v) is 9.95. The minimum absolute atomic E-state index is 0.105. The lowest BCUT2D eigenvalue weighted by Crippen LogP contribution is -2.78. The quantitative estimate of drug-likeness (QED) is 0.398. The number of amides is 2. The number of aromatic nitrogens is 1. The van der Waals surface area contributed by atoms with Gasteiger partial charge < -0.3 is 25.0 Å². The van der Waals surface area contributed by atoms with Gasteiger partial charge in [-0.25, -0.2) is 4.98 Å². The van der Waals surface area contributed by atoms with Gasteiger partial charge in [0, 0.05) is 10.6 Å². The highest BCUT2D eigenvalue weighted by molar-refractivity contribution is 7.22. The summed E-state index contributed by atoms with van der Waals surface area (Å²) in [4.78, 5) is 33.9. The standard InChI is InChI=1S/C27H24ClF3N4O4S/c1-38-19-5-4-17-21(40-24(33-17)35-14-7-15(35)9-39-8-14)20(19)23(37)32-18-6-13(28)2-3-16(18)22(36)34-26-10-25(11-26,12-26)27(29,30)31/h2-6,14-15H,7-12H2,1H3,(H,32,37)(H,34,36). The Bertz CT molecular complexity index is 1540. The molecule has 5 aliphatic rings. The fourth-order valence-electron chi connectivity index (χ4n) is 6.64. The lowest BCUT2D eigenvalue weighted by molar-refractivity contribution is -0.336. The van der Waals surface area contributed by atoms with Crippen molar-refractivity contribution in [1.29, 1.82) is 0 Å². The summed E-state index contributed by atoms with van der Waals surface area (Å²) in [6.07, 6.45) is -3.64. The number of nitrogens with zero attached hydrogens (tertiary/aromatic N) is 2. The monoisotopic (exact) mass is 592 g/mol. The molecule has 13 heteroatoms. The Morgan fingerprint density at radius 2 is 1.88 bits per heavy atom. The largest absolute Gasteiger partial charge is 0.496 e. The summed E-state index contributed by atoms with van der Waals surface area (Å²) in [5.41, 5.74) is -1.41. The molecule has 8 nitrogen and oxygen atoms in total. The van der Waals surface area contributed by atoms with Crippen LogP contribution in [0.1, 0.15) is 46.4 Å². The number of hydrogen-bond acceptors (Lipinski definition) is 7. The molecule has 40 heavy (non-hydrogen) atoms. The molecule has 4 bridgehead atoms. The van der Waals surface area contributed by atoms with E-state index in [9.17, 15) is 22.8 Å². The van der Waals surface area contributed by atoms with E-state index in [1.807, 2.05) is 0 Å². The number of alkyl halides is 3. The zero-order chi connectivity index (χ0) is 28.0. The van der Waals surface area contributed by atoms with Crippen LogP contribution in [0.3, 0.4) is 0 Å². The first-order valence-electron chi connectivity index (χ1n) is 12.9. The number of ether oxygens (including phenoxy) is 2. The predicted molar refractivity (Wildman–Crippen MR) is 144 cm³/mol. The summed E-state index contributed by atoms with van der Waals surface area (Å²) in [6.45, 7) is 1.28. The molecule has 2 atom stereocenters. The van der Waals surface area contributed by atoms with E-state index in [2.05, 4.69) is 15.5 Å². The Balaban J connectivity index is 1.16. The number of fused-ring (bicyclic) bond motifs is 3. The van der Waals surface area contributed by atoms with Crippen LogP contribution in [0.2, 0.25) is 5.02 Å². The van der Waals surface area contributed by atoms with Gasteiger partial charge in [0.1, 0.15) is 11.3 Å². The zero-order valence-corrected chi connectivity index (χ0v) is 22.8. The average Bonchev–Trinajstić information content (AvgIpc) is 3.27. The molecule has 5 fully saturated rings. The van der Waals surface area contributed by atoms with Crippen molar-refractivity contribution < 1.29 is 32.2 Å². The van der Waals surface area contributed by atoms with Gasteiger partial charge in [0.15, 0.2) is 5.13 Å². The maximum absolute atomic E-state index is 13.7. The molecule has 3 saturated carbocycles. The third kappa shape index (κ3) is 3.79. The number of halogens is 4. The van der Waals surface area contributed by atoms with Gasteiger partial charge >= 0.3 is 6.18 Å². The van der Waals surface area contributed by atoms with Crippen molar-refractivity contribution in [2.75, 3.05) is 30.5 Å². The van der Waals surface area contributed by atoms with Crippen LogP contribution in [-0.4, -0.2) is 60.9 Å². The normalized spacial score (nSPS) is 28.3. The third-order valence-electron chi connectivity index (χ3n) is 8.61. The van der Waals surface area contributed by atoms with Crippen molar-refractivity contribution in [2.24, 2.45) is 5.41 Å². The van der Waals surface area contributed by atoms with Gasteiger partial charge in [-0.1, -0.05) is 22.9 Å². The first-order chi connectivity index (χ1) is 19.0. The Kier molecular flexibility index (Phi) is 5.62. The number of benzene rings is 2. The number of morpholine rings is 1. The molecule has 3 aromatic rings. The lowest BCUT2D eigenvalue weighted by atomic mass is 9.39. The summed E-state index contributed by atoms with van der Waals surface area (Å²) in [5.74, 6) is -0.756. The van der Waals surface area contributed by atoms with Crippen LogP contribution >= 0.6 is 22.9 Å². The van der Waals surface area contributed by atoms with E-state index in [0.29, 0.717) is 29.2 Å². The van der Waals surface area contributed by atoms with Gasteiger partial charge in [-0.3, -0.25) is 9.59 Å². The van der Waals surface area contributed by atoms with E-state index in [4.69, 9.17) is 26.1 Å². The average molecular weight is 593 g/mol. The van der Waals surface area contributed by atoms with Crippen LogP contribution in [0.5, 0.6) is 5.75 Å². The van der Waals surface area contributed by atoms with E-state index in [0.717, 1.165) is 11.6 Å². The Morgan fingerprint density at radius 3 is 2.52 bits per heavy atom. The van der Waals surface area contributed by atoms with E-state index < -0.39 is 28.9 Å². The van der Waals surface area contributed by atoms with E-state index in [1.54, 1.807) is 12.1 Å². The Morgan fingerprint density at radius 1 is 1.15 bits per heavy atom. The van der Waals surface area contributed by atoms with Crippen molar-refractivity contribution in [2.45, 2.75) is 49.5 Å². The second kappa shape index (κ2) is 8.70. The minimum atomic E-state index is -4.28. The second-order valence-electron chi connectivity index (χ2n) is 11.2. The molecule has 3 aliphatic carbocycles. The van der Waals surface area contributed by atoms with Gasteiger partial charge in [-0.05, 0) is 56.0 Å². The lowest BCUT2D eigenvalue weighted by Gasteiger charge is -2.70. The van der Waals surface area contributed by atoms with Crippen LogP contribution < -0.4 is 20.3 Å². The molecule has 1 aromatic heterocycles. The summed E-state index contributed by atoms with van der Waals surface area (Å²) >= 11 is 7.60. The second-order valence-corrected chi connectivity index (χ2v) is 12.6. The molecular formula is C27H24ClF3N4O4S. The Labute approximate surface area is 235 Å². The van der Waals surface area contributed by atoms with Gasteiger partial charge in [0.2, 0.25) is 0 Å². The van der Waals surface area contributed by atoms with E-state index in [-0.39, 0.29) is 53.2 Å². The Hall–Kier alpha value is -3.09. The molecule has 3 heterocycles. The van der Waals surface area contributed by atoms with Gasteiger partial charge in [0.05, 0.1) is 59.3 Å². The molecule has 2 unspecified atom stereocenters. The number of anilines is 2. The molecule has 0 spiro atoms. The maximum atomic E-state index is 13.7. The molecule has 2 saturated heterocycles. The minimum Gasteiger partial charge on any atom is -0.496 e. The van der Waals surface area contributed by atoms with Gasteiger partial charge in [0.25, 0.3) is 11.8 Å². The highest BCUT2D eigenvalue weighted by atomic mass is 35.5. The molecule has 210 valence electrons. The first-order valence-corrected chi connectivity index (χ1v) is 14.0. The number of nitrogens with one attached hydrogen (secondary N) is 2. The van der Waals surface area contributed by atoms with Gasteiger partial charge in [-0.15, -0.1) is 0 Å². The summed E-state index contributed by atoms with van der Waals surface area (Å²) < 4.78 is 51.5. The smallest absolute Gasteiger partial charge is 0.394 e. The van der Waals surface area contributed by atoms with Crippen molar-refractivity contribution in [3.63, 3.8) is 0 Å². The number of methoxy groups -OCH3 is 1. The molecule has 2 amide bonds. The highest BCUT2D eigenvalue weighted by Gasteiger charge is 2.79. The summed E-state index contributed by atoms with van der Waals surface area (Å²) in [7, 11) is 1.47. The first kappa shape index (κ1) is 25.8. The summed E-state index contributed by atoms with van der Waals surface area (Å²) in [6, 6.07) is 8.38. The van der Waals surface area contributed by atoms with Crippen LogP contribution in [0.25, 0.3) is 10.2 Å². The predicted octanol–water partition coefficient (Wildman–Crippen LogP) is 5.40. The summed E-state index contributed by atoms with van der Waals surface area (Å²) in [5, 5.41) is 6.64. The fraction of sp³-hybridized carbons (Fsp3) is 0.444. The van der Waals surface area contributed by atoms with Crippen molar-refractivity contribution in [1.82, 2.24) is 10.3 Å². The van der Waals surface area contributed by atoms with Crippen LogP contribution in [0.15, 0.2) is 30.3 Å². The van der Waals surface area contributed by atoms with Crippen molar-refractivity contribution >= 4 is 55.8 Å². The molecule has 0 radical (unpaired) electrons. The topological polar surface area (TPSA) is 92.8 Å². The molecule has 2 N–H and O–H groups in total. The van der Waals surface area contributed by atoms with Crippen LogP contribution in [0, 0.1) is 5.41 Å². The molecule has 2 aromatic carbocycles. The molecular weight excluding hydrogens is 569 g/mol. The number of hydrogen-bond donors (Lipinski definition) is 2. The van der Waals surface area contributed by atoms with Crippen molar-refractivity contribution in [3.05, 3.63) is 46.5 Å². The SMILES string of the molecule is COc1ccc2nc(N3C4COCC3C4)sc2c1C(=O)Nc1cc(Cl)ccc1C(=O)NC12CC(C(F)(F)F)(C1)C2.